The zero-order chi connectivity index (χ0) is 10.3. The minimum absolute atomic E-state index is 0.0992. The molecule has 4 nitrogen and oxygen atoms in total. The third-order valence-corrected chi connectivity index (χ3v) is 3.90. The first-order valence-corrected chi connectivity index (χ1v) is 6.35. The number of rotatable bonds is 1. The van der Waals surface area contributed by atoms with Crippen LogP contribution in [0.5, 0.6) is 0 Å². The SMILES string of the molecule is NS(=O)(=O)c1c(Cl)ccc2scnc12. The molecule has 0 bridgehead atoms. The van der Waals surface area contributed by atoms with Crippen molar-refractivity contribution >= 4 is 43.2 Å². The van der Waals surface area contributed by atoms with Gasteiger partial charge in [-0.05, 0) is 12.1 Å². The first-order chi connectivity index (χ1) is 6.50. The molecule has 0 unspecified atom stereocenters. The summed E-state index contributed by atoms with van der Waals surface area (Å²) in [5.41, 5.74) is 1.89. The fourth-order valence-corrected chi connectivity index (χ4v) is 3.15. The van der Waals surface area contributed by atoms with E-state index < -0.39 is 10.0 Å². The van der Waals surface area contributed by atoms with Crippen molar-refractivity contribution in [2.75, 3.05) is 0 Å². The van der Waals surface area contributed by atoms with Crippen LogP contribution >= 0.6 is 22.9 Å². The first-order valence-electron chi connectivity index (χ1n) is 3.54. The molecular weight excluding hydrogens is 244 g/mol. The average Bonchev–Trinajstić information content (AvgIpc) is 2.48. The number of benzene rings is 1. The molecule has 7 heteroatoms. The van der Waals surface area contributed by atoms with Gasteiger partial charge < -0.3 is 0 Å². The highest BCUT2D eigenvalue weighted by Crippen LogP contribution is 2.30. The molecule has 0 atom stereocenters. The van der Waals surface area contributed by atoms with E-state index >= 15 is 0 Å². The van der Waals surface area contributed by atoms with Gasteiger partial charge in [0.25, 0.3) is 0 Å². The van der Waals surface area contributed by atoms with Crippen molar-refractivity contribution in [3.8, 4) is 0 Å². The summed E-state index contributed by atoms with van der Waals surface area (Å²) >= 11 is 7.09. The summed E-state index contributed by atoms with van der Waals surface area (Å²) in [5, 5.41) is 5.14. The molecule has 0 spiro atoms. The summed E-state index contributed by atoms with van der Waals surface area (Å²) in [4.78, 5) is 3.82. The molecule has 0 aliphatic heterocycles. The first kappa shape index (κ1) is 9.85. The van der Waals surface area contributed by atoms with Gasteiger partial charge in [0.15, 0.2) is 0 Å². The van der Waals surface area contributed by atoms with Crippen LogP contribution in [0.1, 0.15) is 0 Å². The number of hydrogen-bond donors (Lipinski definition) is 1. The van der Waals surface area contributed by atoms with E-state index in [9.17, 15) is 8.42 Å². The van der Waals surface area contributed by atoms with Gasteiger partial charge in [-0.1, -0.05) is 11.6 Å². The van der Waals surface area contributed by atoms with Crippen molar-refractivity contribution in [2.24, 2.45) is 5.14 Å². The standard InChI is InChI=1S/C7H5ClN2O2S2/c8-4-1-2-5-6(10-3-13-5)7(4)14(9,11)12/h1-3H,(H2,9,11,12). The Bertz CT molecular complexity index is 591. The summed E-state index contributed by atoms with van der Waals surface area (Å²) in [6.07, 6.45) is 0. The van der Waals surface area contributed by atoms with Gasteiger partial charge in [-0.2, -0.15) is 0 Å². The van der Waals surface area contributed by atoms with Crippen LogP contribution < -0.4 is 5.14 Å². The van der Waals surface area contributed by atoms with E-state index in [-0.39, 0.29) is 9.92 Å². The molecule has 2 rings (SSSR count). The second kappa shape index (κ2) is 3.16. The topological polar surface area (TPSA) is 73.1 Å². The highest BCUT2D eigenvalue weighted by Gasteiger charge is 2.18. The lowest BCUT2D eigenvalue weighted by atomic mass is 10.3. The molecule has 0 radical (unpaired) electrons. The number of halogens is 1. The summed E-state index contributed by atoms with van der Waals surface area (Å²) in [5.74, 6) is 0. The molecule has 1 aromatic heterocycles. The van der Waals surface area contributed by atoms with Gasteiger partial charge in [0.2, 0.25) is 10.0 Å². The van der Waals surface area contributed by atoms with Crippen LogP contribution in [0.4, 0.5) is 0 Å². The van der Waals surface area contributed by atoms with Crippen LogP contribution in [0.2, 0.25) is 5.02 Å². The zero-order valence-electron chi connectivity index (χ0n) is 6.77. The Morgan fingerprint density at radius 3 is 2.79 bits per heavy atom. The van der Waals surface area contributed by atoms with Gasteiger partial charge in [0.1, 0.15) is 10.4 Å². The zero-order valence-corrected chi connectivity index (χ0v) is 9.16. The summed E-state index contributed by atoms with van der Waals surface area (Å²) in [7, 11) is -3.82. The van der Waals surface area contributed by atoms with Gasteiger partial charge in [-0.3, -0.25) is 0 Å². The van der Waals surface area contributed by atoms with Crippen LogP contribution in [0, 0.1) is 0 Å². The van der Waals surface area contributed by atoms with E-state index in [2.05, 4.69) is 4.98 Å². The number of nitrogens with zero attached hydrogens (tertiary/aromatic N) is 1. The smallest absolute Gasteiger partial charge is 0.241 e. The lowest BCUT2D eigenvalue weighted by Crippen LogP contribution is -2.13. The Kier molecular flexibility index (Phi) is 2.23. The Balaban J connectivity index is 2.98. The van der Waals surface area contributed by atoms with E-state index in [1.54, 1.807) is 11.6 Å². The molecule has 74 valence electrons. The van der Waals surface area contributed by atoms with Crippen molar-refractivity contribution in [3.05, 3.63) is 22.7 Å². The van der Waals surface area contributed by atoms with Crippen molar-refractivity contribution in [1.29, 1.82) is 0 Å². The molecule has 2 N–H and O–H groups in total. The van der Waals surface area contributed by atoms with Crippen LogP contribution in [-0.2, 0) is 10.0 Å². The number of primary sulfonamides is 1. The Labute approximate surface area is 89.4 Å². The Morgan fingerprint density at radius 2 is 2.14 bits per heavy atom. The van der Waals surface area contributed by atoms with Crippen LogP contribution in [0.3, 0.4) is 0 Å². The number of aromatic nitrogens is 1. The number of fused-ring (bicyclic) bond motifs is 1. The average molecular weight is 249 g/mol. The summed E-state index contributed by atoms with van der Waals surface area (Å²) in [6, 6.07) is 3.21. The minimum Gasteiger partial charge on any atom is -0.243 e. The Hall–Kier alpha value is -0.690. The third kappa shape index (κ3) is 1.50. The fourth-order valence-electron chi connectivity index (χ4n) is 1.15. The maximum Gasteiger partial charge on any atom is 0.241 e. The van der Waals surface area contributed by atoms with Crippen LogP contribution in [-0.4, -0.2) is 13.4 Å². The lowest BCUT2D eigenvalue weighted by Gasteiger charge is -2.01. The quantitative estimate of drug-likeness (QED) is 0.833. The lowest BCUT2D eigenvalue weighted by molar-refractivity contribution is 0.598. The molecule has 0 saturated heterocycles. The molecule has 0 fully saturated rings. The largest absolute Gasteiger partial charge is 0.243 e. The van der Waals surface area contributed by atoms with E-state index in [1.165, 1.54) is 17.4 Å². The van der Waals surface area contributed by atoms with Gasteiger partial charge in [0, 0.05) is 0 Å². The molecule has 0 aliphatic carbocycles. The number of hydrogen-bond acceptors (Lipinski definition) is 4. The Morgan fingerprint density at radius 1 is 1.43 bits per heavy atom. The second-order valence-electron chi connectivity index (χ2n) is 2.62. The predicted molar refractivity (Wildman–Crippen MR) is 56.0 cm³/mol. The van der Waals surface area contributed by atoms with Crippen molar-refractivity contribution in [2.45, 2.75) is 4.90 Å². The highest BCUT2D eigenvalue weighted by atomic mass is 35.5. The van der Waals surface area contributed by atoms with Gasteiger partial charge in [-0.15, -0.1) is 11.3 Å². The van der Waals surface area contributed by atoms with Crippen molar-refractivity contribution in [3.63, 3.8) is 0 Å². The van der Waals surface area contributed by atoms with E-state index in [4.69, 9.17) is 16.7 Å². The molecule has 0 saturated carbocycles. The monoisotopic (exact) mass is 248 g/mol. The van der Waals surface area contributed by atoms with Crippen molar-refractivity contribution in [1.82, 2.24) is 4.98 Å². The van der Waals surface area contributed by atoms with Crippen molar-refractivity contribution < 1.29 is 8.42 Å². The third-order valence-electron chi connectivity index (χ3n) is 1.69. The van der Waals surface area contributed by atoms with Gasteiger partial charge in [-0.25, -0.2) is 18.5 Å². The van der Waals surface area contributed by atoms with E-state index in [0.717, 1.165) is 4.70 Å². The molecular formula is C7H5ClN2O2S2. The summed E-state index contributed by atoms with van der Waals surface area (Å²) in [6.45, 7) is 0. The van der Waals surface area contributed by atoms with E-state index in [0.29, 0.717) is 5.52 Å². The van der Waals surface area contributed by atoms with Crippen LogP contribution in [0.15, 0.2) is 22.5 Å². The second-order valence-corrected chi connectivity index (χ2v) is 5.41. The van der Waals surface area contributed by atoms with Gasteiger partial charge >= 0.3 is 0 Å². The predicted octanol–water partition coefficient (Wildman–Crippen LogP) is 1.60. The molecule has 2 aromatic rings. The molecule has 1 aromatic carbocycles. The van der Waals surface area contributed by atoms with E-state index in [1.807, 2.05) is 0 Å². The summed E-state index contributed by atoms with van der Waals surface area (Å²) < 4.78 is 23.2. The molecule has 0 amide bonds. The number of sulfonamides is 1. The maximum absolute atomic E-state index is 11.2. The van der Waals surface area contributed by atoms with Gasteiger partial charge in [0.05, 0.1) is 15.2 Å². The van der Waals surface area contributed by atoms with Crippen LogP contribution in [0.25, 0.3) is 10.2 Å². The number of thiazole rings is 1. The molecule has 1 heterocycles. The fraction of sp³-hybridized carbons (Fsp3) is 0. The highest BCUT2D eigenvalue weighted by molar-refractivity contribution is 7.89. The maximum atomic E-state index is 11.2. The number of nitrogens with two attached hydrogens (primary N) is 1. The molecule has 14 heavy (non-hydrogen) atoms. The molecule has 0 aliphatic rings. The minimum atomic E-state index is -3.82. The normalized spacial score (nSPS) is 12.1.